The average Bonchev–Trinajstić information content (AvgIpc) is 3.19. The van der Waals surface area contributed by atoms with Gasteiger partial charge in [0.1, 0.15) is 5.76 Å². The predicted octanol–water partition coefficient (Wildman–Crippen LogP) is 1.84. The number of nitrogens with zero attached hydrogens (tertiary/aromatic N) is 4. The summed E-state index contributed by atoms with van der Waals surface area (Å²) in [5, 5.41) is 11.4. The van der Waals surface area contributed by atoms with E-state index in [-0.39, 0.29) is 11.7 Å². The fourth-order valence-electron chi connectivity index (χ4n) is 2.00. The SMILES string of the molecule is Cn1cc(CNC(=O)c2ccc(Cn3cc(Cl)cn3)o2)cn1. The van der Waals surface area contributed by atoms with Gasteiger partial charge >= 0.3 is 0 Å². The lowest BCUT2D eigenvalue weighted by Gasteiger charge is -2.01. The Labute approximate surface area is 131 Å². The molecule has 0 aliphatic heterocycles. The molecule has 0 fully saturated rings. The highest BCUT2D eigenvalue weighted by atomic mass is 35.5. The van der Waals surface area contributed by atoms with Crippen LogP contribution in [0.15, 0.2) is 41.3 Å². The molecule has 0 aromatic carbocycles. The number of hydrogen-bond acceptors (Lipinski definition) is 4. The quantitative estimate of drug-likeness (QED) is 0.778. The normalized spacial score (nSPS) is 10.8. The number of rotatable bonds is 5. The van der Waals surface area contributed by atoms with E-state index in [0.29, 0.717) is 23.9 Å². The summed E-state index contributed by atoms with van der Waals surface area (Å²) in [4.78, 5) is 12.0. The fourth-order valence-corrected chi connectivity index (χ4v) is 2.16. The van der Waals surface area contributed by atoms with Gasteiger partial charge in [0, 0.05) is 31.5 Å². The summed E-state index contributed by atoms with van der Waals surface area (Å²) in [6.45, 7) is 0.820. The third-order valence-electron chi connectivity index (χ3n) is 3.02. The minimum absolute atomic E-state index is 0.261. The highest BCUT2D eigenvalue weighted by molar-refractivity contribution is 6.30. The van der Waals surface area contributed by atoms with E-state index in [0.717, 1.165) is 5.56 Å². The maximum atomic E-state index is 12.0. The zero-order chi connectivity index (χ0) is 15.5. The number of aromatic nitrogens is 4. The molecular formula is C14H14ClN5O2. The van der Waals surface area contributed by atoms with Crippen molar-refractivity contribution in [2.45, 2.75) is 13.1 Å². The van der Waals surface area contributed by atoms with Gasteiger partial charge in [0.25, 0.3) is 5.91 Å². The van der Waals surface area contributed by atoms with E-state index in [9.17, 15) is 4.79 Å². The van der Waals surface area contributed by atoms with Crippen LogP contribution in [0.3, 0.4) is 0 Å². The molecule has 8 heteroatoms. The van der Waals surface area contributed by atoms with Crippen molar-refractivity contribution < 1.29 is 9.21 Å². The molecule has 0 atom stereocenters. The lowest BCUT2D eigenvalue weighted by Crippen LogP contribution is -2.22. The summed E-state index contributed by atoms with van der Waals surface area (Å²) in [7, 11) is 1.83. The van der Waals surface area contributed by atoms with Crippen LogP contribution in [0, 0.1) is 0 Å². The van der Waals surface area contributed by atoms with Crippen LogP contribution in [0.25, 0.3) is 0 Å². The van der Waals surface area contributed by atoms with Gasteiger partial charge in [0.15, 0.2) is 5.76 Å². The number of aryl methyl sites for hydroxylation is 1. The minimum Gasteiger partial charge on any atom is -0.454 e. The number of carbonyl (C=O) groups is 1. The highest BCUT2D eigenvalue weighted by Gasteiger charge is 2.12. The largest absolute Gasteiger partial charge is 0.454 e. The first kappa shape index (κ1) is 14.4. The molecule has 3 rings (SSSR count). The molecule has 0 spiro atoms. The van der Waals surface area contributed by atoms with Crippen LogP contribution in [0.2, 0.25) is 5.02 Å². The van der Waals surface area contributed by atoms with Crippen LogP contribution in [-0.4, -0.2) is 25.5 Å². The second kappa shape index (κ2) is 6.07. The number of halogens is 1. The maximum Gasteiger partial charge on any atom is 0.287 e. The average molecular weight is 320 g/mol. The van der Waals surface area contributed by atoms with Crippen molar-refractivity contribution in [1.82, 2.24) is 24.9 Å². The fraction of sp³-hybridized carbons (Fsp3) is 0.214. The molecule has 0 saturated carbocycles. The van der Waals surface area contributed by atoms with Crippen molar-refractivity contribution in [3.8, 4) is 0 Å². The molecule has 0 aliphatic carbocycles. The number of carbonyl (C=O) groups excluding carboxylic acids is 1. The van der Waals surface area contributed by atoms with Crippen molar-refractivity contribution >= 4 is 17.5 Å². The molecule has 114 valence electrons. The molecule has 22 heavy (non-hydrogen) atoms. The van der Waals surface area contributed by atoms with E-state index >= 15 is 0 Å². The monoisotopic (exact) mass is 319 g/mol. The van der Waals surface area contributed by atoms with Gasteiger partial charge in [0.05, 0.1) is 24.0 Å². The van der Waals surface area contributed by atoms with Gasteiger partial charge in [-0.05, 0) is 12.1 Å². The van der Waals surface area contributed by atoms with Crippen molar-refractivity contribution in [2.24, 2.45) is 7.05 Å². The van der Waals surface area contributed by atoms with Gasteiger partial charge in [-0.3, -0.25) is 14.2 Å². The molecule has 0 saturated heterocycles. The van der Waals surface area contributed by atoms with Gasteiger partial charge < -0.3 is 9.73 Å². The molecule has 1 N–H and O–H groups in total. The summed E-state index contributed by atoms with van der Waals surface area (Å²) < 4.78 is 8.84. The first-order chi connectivity index (χ1) is 10.6. The lowest BCUT2D eigenvalue weighted by molar-refractivity contribution is 0.0921. The van der Waals surface area contributed by atoms with Gasteiger partial charge in [-0.25, -0.2) is 0 Å². The molecule has 0 bridgehead atoms. The summed E-state index contributed by atoms with van der Waals surface area (Å²) in [6.07, 6.45) is 6.78. The van der Waals surface area contributed by atoms with Crippen LogP contribution >= 0.6 is 11.6 Å². The van der Waals surface area contributed by atoms with E-state index in [1.807, 2.05) is 13.2 Å². The molecule has 0 unspecified atom stereocenters. The Bertz CT molecular complexity index is 789. The van der Waals surface area contributed by atoms with Crippen LogP contribution < -0.4 is 5.32 Å². The second-order valence-corrected chi connectivity index (χ2v) is 5.26. The van der Waals surface area contributed by atoms with Crippen LogP contribution in [0.1, 0.15) is 21.9 Å². The Kier molecular flexibility index (Phi) is 3.97. The molecule has 3 aromatic heterocycles. The molecule has 0 aliphatic rings. The maximum absolute atomic E-state index is 12.0. The van der Waals surface area contributed by atoms with Gasteiger partial charge in [-0.1, -0.05) is 11.6 Å². The highest BCUT2D eigenvalue weighted by Crippen LogP contribution is 2.12. The zero-order valence-corrected chi connectivity index (χ0v) is 12.6. The van der Waals surface area contributed by atoms with Crippen LogP contribution in [-0.2, 0) is 20.1 Å². The Morgan fingerprint density at radius 1 is 1.32 bits per heavy atom. The van der Waals surface area contributed by atoms with Gasteiger partial charge in [0.2, 0.25) is 0 Å². The number of hydrogen-bond donors (Lipinski definition) is 1. The van der Waals surface area contributed by atoms with E-state index < -0.39 is 0 Å². The van der Waals surface area contributed by atoms with Gasteiger partial charge in [-0.15, -0.1) is 0 Å². The second-order valence-electron chi connectivity index (χ2n) is 4.83. The summed E-state index contributed by atoms with van der Waals surface area (Å²) in [6, 6.07) is 3.38. The van der Waals surface area contributed by atoms with E-state index in [2.05, 4.69) is 15.5 Å². The predicted molar refractivity (Wildman–Crippen MR) is 79.4 cm³/mol. The van der Waals surface area contributed by atoms with E-state index in [1.54, 1.807) is 40.1 Å². The first-order valence-corrected chi connectivity index (χ1v) is 7.00. The number of furan rings is 1. The van der Waals surface area contributed by atoms with E-state index in [1.165, 1.54) is 0 Å². The Morgan fingerprint density at radius 3 is 2.86 bits per heavy atom. The number of amides is 1. The van der Waals surface area contributed by atoms with Crippen LogP contribution in [0.5, 0.6) is 0 Å². The molecule has 3 heterocycles. The third kappa shape index (κ3) is 3.37. The first-order valence-electron chi connectivity index (χ1n) is 6.62. The Morgan fingerprint density at radius 2 is 2.18 bits per heavy atom. The van der Waals surface area contributed by atoms with Crippen molar-refractivity contribution in [3.05, 3.63) is 59.0 Å². The zero-order valence-electron chi connectivity index (χ0n) is 11.9. The summed E-state index contributed by atoms with van der Waals surface area (Å²) >= 11 is 5.80. The lowest BCUT2D eigenvalue weighted by atomic mass is 10.3. The standard InChI is InChI=1S/C14H14ClN5O2/c1-19-7-10(5-17-19)4-16-14(21)13-3-2-12(22-13)9-20-8-11(15)6-18-20/h2-3,5-8H,4,9H2,1H3,(H,16,21). The van der Waals surface area contributed by atoms with Crippen molar-refractivity contribution in [1.29, 1.82) is 0 Å². The summed E-state index contributed by atoms with van der Waals surface area (Å²) in [5.41, 5.74) is 0.925. The minimum atomic E-state index is -0.270. The Balaban J connectivity index is 1.59. The van der Waals surface area contributed by atoms with Crippen molar-refractivity contribution in [3.63, 3.8) is 0 Å². The van der Waals surface area contributed by atoms with Gasteiger partial charge in [-0.2, -0.15) is 10.2 Å². The number of nitrogens with one attached hydrogen (secondary N) is 1. The molecule has 0 radical (unpaired) electrons. The smallest absolute Gasteiger partial charge is 0.287 e. The molecule has 1 amide bonds. The third-order valence-corrected chi connectivity index (χ3v) is 3.21. The molecular weight excluding hydrogens is 306 g/mol. The Hall–Kier alpha value is -2.54. The van der Waals surface area contributed by atoms with Crippen LogP contribution in [0.4, 0.5) is 0 Å². The molecule has 3 aromatic rings. The van der Waals surface area contributed by atoms with E-state index in [4.69, 9.17) is 16.0 Å². The topological polar surface area (TPSA) is 77.9 Å². The molecule has 7 nitrogen and oxygen atoms in total. The summed E-state index contributed by atoms with van der Waals surface area (Å²) in [5.74, 6) is 0.622. The van der Waals surface area contributed by atoms with Crippen molar-refractivity contribution in [2.75, 3.05) is 0 Å².